The minimum Gasteiger partial charge on any atom is -0.338 e. The number of imidazole rings is 1. The summed E-state index contributed by atoms with van der Waals surface area (Å²) < 4.78 is 40.6. The molecule has 1 aromatic carbocycles. The first-order chi connectivity index (χ1) is 13.4. The highest BCUT2D eigenvalue weighted by molar-refractivity contribution is 5.73. The van der Waals surface area contributed by atoms with Crippen LogP contribution >= 0.6 is 0 Å². The van der Waals surface area contributed by atoms with E-state index in [2.05, 4.69) is 20.6 Å². The summed E-state index contributed by atoms with van der Waals surface area (Å²) in [5.41, 5.74) is 0.261. The van der Waals surface area contributed by atoms with Crippen LogP contribution in [0, 0.1) is 0 Å². The summed E-state index contributed by atoms with van der Waals surface area (Å²) in [5, 5.41) is 5.22. The zero-order valence-electron chi connectivity index (χ0n) is 14.8. The predicted octanol–water partition coefficient (Wildman–Crippen LogP) is 3.33. The maximum atomic E-state index is 13.0. The molecule has 2 amide bonds. The fourth-order valence-corrected chi connectivity index (χ4v) is 2.64. The molecule has 2 N–H and O–H groups in total. The minimum atomic E-state index is -4.41. The maximum Gasteiger partial charge on any atom is 0.416 e. The highest BCUT2D eigenvalue weighted by Crippen LogP contribution is 2.31. The number of hydrogen-bond donors (Lipinski definition) is 2. The fraction of sp³-hybridized carbons (Fsp3) is 0.211. The van der Waals surface area contributed by atoms with Crippen LogP contribution in [0.4, 0.5) is 18.0 Å². The van der Waals surface area contributed by atoms with Crippen molar-refractivity contribution in [3.8, 4) is 5.82 Å². The average Bonchev–Trinajstić information content (AvgIpc) is 3.21. The number of carbonyl (C=O) groups excluding carboxylic acids is 1. The van der Waals surface area contributed by atoms with Crippen molar-refractivity contribution < 1.29 is 18.0 Å². The van der Waals surface area contributed by atoms with Gasteiger partial charge in [-0.15, -0.1) is 0 Å². The molecule has 0 radical (unpaired) electrons. The molecule has 0 bridgehead atoms. The Kier molecular flexibility index (Phi) is 5.93. The number of aromatic nitrogens is 3. The predicted molar refractivity (Wildman–Crippen MR) is 96.7 cm³/mol. The van der Waals surface area contributed by atoms with Gasteiger partial charge in [-0.3, -0.25) is 4.57 Å². The lowest BCUT2D eigenvalue weighted by molar-refractivity contribution is -0.138. The van der Waals surface area contributed by atoms with Crippen LogP contribution in [0.3, 0.4) is 0 Å². The number of nitrogens with one attached hydrogen (secondary N) is 2. The minimum absolute atomic E-state index is 0.0876. The van der Waals surface area contributed by atoms with Crippen molar-refractivity contribution in [2.24, 2.45) is 0 Å². The van der Waals surface area contributed by atoms with E-state index in [0.29, 0.717) is 5.82 Å². The fourth-order valence-electron chi connectivity index (χ4n) is 2.64. The van der Waals surface area contributed by atoms with Crippen molar-refractivity contribution in [2.45, 2.75) is 19.1 Å². The molecule has 2 aromatic heterocycles. The average molecular weight is 389 g/mol. The number of alkyl halides is 3. The van der Waals surface area contributed by atoms with Crippen LogP contribution in [0.2, 0.25) is 0 Å². The number of nitrogens with zero attached hydrogens (tertiary/aromatic N) is 3. The van der Waals surface area contributed by atoms with E-state index in [1.807, 2.05) is 6.07 Å². The van der Waals surface area contributed by atoms with Crippen LogP contribution < -0.4 is 10.6 Å². The molecule has 3 aromatic rings. The second-order valence-corrected chi connectivity index (χ2v) is 6.01. The number of rotatable bonds is 6. The van der Waals surface area contributed by atoms with Crippen LogP contribution in [0.5, 0.6) is 0 Å². The smallest absolute Gasteiger partial charge is 0.338 e. The number of amides is 2. The zero-order chi connectivity index (χ0) is 20.0. The lowest BCUT2D eigenvalue weighted by atomic mass is 10.0. The number of carbonyl (C=O) groups is 1. The number of urea groups is 1. The molecule has 9 heteroatoms. The summed E-state index contributed by atoms with van der Waals surface area (Å²) in [6.07, 6.45) is 2.36. The van der Waals surface area contributed by atoms with Crippen molar-refractivity contribution in [2.75, 3.05) is 6.54 Å². The summed E-state index contributed by atoms with van der Waals surface area (Å²) >= 11 is 0. The molecule has 0 saturated heterocycles. The van der Waals surface area contributed by atoms with Gasteiger partial charge in [0.25, 0.3) is 0 Å². The van der Waals surface area contributed by atoms with Gasteiger partial charge in [0.2, 0.25) is 0 Å². The SMILES string of the molecule is O=C(NCCc1ccccc1C(F)(F)F)NCc1ccc(-n2ccnc2)nc1. The van der Waals surface area contributed by atoms with Gasteiger partial charge < -0.3 is 10.6 Å². The quantitative estimate of drug-likeness (QED) is 0.679. The molecule has 28 heavy (non-hydrogen) atoms. The molecule has 0 fully saturated rings. The Morgan fingerprint density at radius 2 is 1.93 bits per heavy atom. The van der Waals surface area contributed by atoms with Gasteiger partial charge in [0.1, 0.15) is 12.1 Å². The van der Waals surface area contributed by atoms with Crippen LogP contribution in [0.25, 0.3) is 5.82 Å². The normalized spacial score (nSPS) is 11.2. The standard InChI is InChI=1S/C19H18F3N5O/c20-19(21,22)16-4-2-1-3-15(16)7-8-24-18(28)26-12-14-5-6-17(25-11-14)27-10-9-23-13-27/h1-6,9-11,13H,7-8,12H2,(H2,24,26,28). The summed E-state index contributed by atoms with van der Waals surface area (Å²) in [6, 6.07) is 8.51. The molecule has 0 aliphatic heterocycles. The summed E-state index contributed by atoms with van der Waals surface area (Å²) in [7, 11) is 0. The van der Waals surface area contributed by atoms with Gasteiger partial charge in [0.15, 0.2) is 0 Å². The van der Waals surface area contributed by atoms with E-state index < -0.39 is 17.8 Å². The second kappa shape index (κ2) is 8.55. The summed E-state index contributed by atoms with van der Waals surface area (Å²) in [4.78, 5) is 20.1. The number of halogens is 3. The van der Waals surface area contributed by atoms with Gasteiger partial charge in [-0.2, -0.15) is 13.2 Å². The van der Waals surface area contributed by atoms with Crippen molar-refractivity contribution in [1.29, 1.82) is 0 Å². The van der Waals surface area contributed by atoms with E-state index in [-0.39, 0.29) is 25.1 Å². The van der Waals surface area contributed by atoms with Crippen molar-refractivity contribution >= 4 is 6.03 Å². The lowest BCUT2D eigenvalue weighted by Crippen LogP contribution is -2.36. The number of pyridine rings is 1. The van der Waals surface area contributed by atoms with E-state index in [9.17, 15) is 18.0 Å². The molecular weight excluding hydrogens is 371 g/mol. The molecule has 0 aliphatic carbocycles. The van der Waals surface area contributed by atoms with Crippen LogP contribution in [0.1, 0.15) is 16.7 Å². The Morgan fingerprint density at radius 3 is 2.61 bits per heavy atom. The molecule has 0 aliphatic rings. The molecule has 146 valence electrons. The Bertz CT molecular complexity index is 908. The highest BCUT2D eigenvalue weighted by Gasteiger charge is 2.32. The third kappa shape index (κ3) is 5.09. The van der Waals surface area contributed by atoms with Crippen LogP contribution in [0.15, 0.2) is 61.3 Å². The first-order valence-electron chi connectivity index (χ1n) is 8.53. The van der Waals surface area contributed by atoms with Gasteiger partial charge in [0, 0.05) is 31.7 Å². The van der Waals surface area contributed by atoms with E-state index in [1.165, 1.54) is 12.1 Å². The van der Waals surface area contributed by atoms with Gasteiger partial charge in [-0.25, -0.2) is 14.8 Å². The topological polar surface area (TPSA) is 71.8 Å². The third-order valence-electron chi connectivity index (χ3n) is 4.03. The van der Waals surface area contributed by atoms with E-state index in [0.717, 1.165) is 11.6 Å². The number of benzene rings is 1. The van der Waals surface area contributed by atoms with E-state index >= 15 is 0 Å². The summed E-state index contributed by atoms with van der Waals surface area (Å²) in [6.45, 7) is 0.346. The Hall–Kier alpha value is -3.36. The van der Waals surface area contributed by atoms with Gasteiger partial charge in [-0.05, 0) is 29.7 Å². The van der Waals surface area contributed by atoms with Crippen LogP contribution in [-0.4, -0.2) is 27.1 Å². The molecule has 0 atom stereocenters. The molecule has 0 spiro atoms. The van der Waals surface area contributed by atoms with Crippen LogP contribution in [-0.2, 0) is 19.1 Å². The molecule has 0 unspecified atom stereocenters. The maximum absolute atomic E-state index is 13.0. The van der Waals surface area contributed by atoms with E-state index in [4.69, 9.17) is 0 Å². The van der Waals surface area contributed by atoms with Gasteiger partial charge >= 0.3 is 12.2 Å². The monoisotopic (exact) mass is 389 g/mol. The van der Waals surface area contributed by atoms with Crippen molar-refractivity contribution in [3.05, 3.63) is 78.0 Å². The summed E-state index contributed by atoms with van der Waals surface area (Å²) in [5.74, 6) is 0.703. The number of hydrogen-bond acceptors (Lipinski definition) is 3. The molecule has 2 heterocycles. The largest absolute Gasteiger partial charge is 0.416 e. The van der Waals surface area contributed by atoms with Gasteiger partial charge in [-0.1, -0.05) is 24.3 Å². The molecule has 0 saturated carbocycles. The molecule has 6 nitrogen and oxygen atoms in total. The molecular formula is C19H18F3N5O. The molecule has 3 rings (SSSR count). The third-order valence-corrected chi connectivity index (χ3v) is 4.03. The van der Waals surface area contributed by atoms with Crippen molar-refractivity contribution in [3.63, 3.8) is 0 Å². The Labute approximate surface area is 159 Å². The van der Waals surface area contributed by atoms with E-state index in [1.54, 1.807) is 41.6 Å². The first kappa shape index (κ1) is 19.4. The Balaban J connectivity index is 1.45. The first-order valence-corrected chi connectivity index (χ1v) is 8.53. The zero-order valence-corrected chi connectivity index (χ0v) is 14.8. The van der Waals surface area contributed by atoms with Gasteiger partial charge in [0.05, 0.1) is 5.56 Å². The van der Waals surface area contributed by atoms with Crippen molar-refractivity contribution in [1.82, 2.24) is 25.2 Å². The lowest BCUT2D eigenvalue weighted by Gasteiger charge is -2.13. The highest BCUT2D eigenvalue weighted by atomic mass is 19.4. The Morgan fingerprint density at radius 1 is 1.11 bits per heavy atom. The second-order valence-electron chi connectivity index (χ2n) is 6.01.